The van der Waals surface area contributed by atoms with Crippen LogP contribution in [0.15, 0.2) is 0 Å². The van der Waals surface area contributed by atoms with Gasteiger partial charge in [-0.1, -0.05) is 13.8 Å². The zero-order valence-corrected chi connectivity index (χ0v) is 13.0. The molecule has 3 saturated heterocycles. The first-order valence-corrected chi connectivity index (χ1v) is 7.66. The average molecular weight is 285 g/mol. The van der Waals surface area contributed by atoms with E-state index in [-0.39, 0.29) is 12.1 Å². The quantitative estimate of drug-likeness (QED) is 0.750. The third-order valence-electron chi connectivity index (χ3n) is 4.68. The molecule has 3 rings (SSSR count). The lowest BCUT2D eigenvalue weighted by atomic mass is 10.0. The number of rotatable bonds is 2. The number of piperidine rings is 1. The van der Waals surface area contributed by atoms with E-state index in [1.807, 2.05) is 12.1 Å². The van der Waals surface area contributed by atoms with Crippen LogP contribution in [0.1, 0.15) is 26.7 Å². The lowest BCUT2D eigenvalue weighted by Crippen LogP contribution is -2.53. The highest BCUT2D eigenvalue weighted by Gasteiger charge is 2.46. The number of nitrogens with zero attached hydrogens (tertiary/aromatic N) is 3. The average Bonchev–Trinajstić information content (AvgIpc) is 2.96. The molecule has 3 aliphatic heterocycles. The van der Waals surface area contributed by atoms with Crippen molar-refractivity contribution in [2.75, 3.05) is 40.4 Å². The van der Waals surface area contributed by atoms with E-state index < -0.39 is 0 Å². The van der Waals surface area contributed by atoms with Gasteiger partial charge in [0.1, 0.15) is 0 Å². The summed E-state index contributed by atoms with van der Waals surface area (Å²) in [5.41, 5.74) is 0. The van der Waals surface area contributed by atoms with Gasteiger partial charge in [-0.3, -0.25) is 9.74 Å². The highest BCUT2D eigenvalue weighted by molar-refractivity contribution is 4.85. The summed E-state index contributed by atoms with van der Waals surface area (Å²) in [7, 11) is 4.17. The number of ether oxygens (including phenoxy) is 2. The highest BCUT2D eigenvalue weighted by atomic mass is 16.7. The molecule has 0 aliphatic carbocycles. The Kier molecular flexibility index (Phi) is 4.05. The van der Waals surface area contributed by atoms with Crippen LogP contribution in [0.5, 0.6) is 0 Å². The van der Waals surface area contributed by atoms with Crippen molar-refractivity contribution in [3.05, 3.63) is 0 Å². The fourth-order valence-corrected chi connectivity index (χ4v) is 3.76. The van der Waals surface area contributed by atoms with E-state index in [0.717, 1.165) is 39.1 Å². The molecular weight excluding hydrogens is 258 g/mol. The molecule has 3 aliphatic rings. The normalized spacial score (nSPS) is 36.5. The minimum atomic E-state index is -0.309. The van der Waals surface area contributed by atoms with Gasteiger partial charge >= 0.3 is 0 Å². The summed E-state index contributed by atoms with van der Waals surface area (Å²) in [6, 6.07) is 0. The molecule has 6 nitrogen and oxygen atoms in total. The third kappa shape index (κ3) is 2.49. The van der Waals surface area contributed by atoms with E-state index in [9.17, 15) is 0 Å². The Hall–Kier alpha value is -0.240. The van der Waals surface area contributed by atoms with Gasteiger partial charge < -0.3 is 9.47 Å². The molecule has 2 unspecified atom stereocenters. The molecule has 0 aromatic rings. The van der Waals surface area contributed by atoms with Gasteiger partial charge in [-0.2, -0.15) is 5.06 Å². The number of likely N-dealkylation sites (tertiary alicyclic amines) is 1. The van der Waals surface area contributed by atoms with Crippen molar-refractivity contribution in [1.82, 2.24) is 14.9 Å². The van der Waals surface area contributed by atoms with Crippen LogP contribution < -0.4 is 0 Å². The summed E-state index contributed by atoms with van der Waals surface area (Å²) in [5.74, 6) is 0.226. The van der Waals surface area contributed by atoms with Crippen LogP contribution in [0.4, 0.5) is 0 Å². The minimum Gasteiger partial charge on any atom is -0.347 e. The lowest BCUT2D eigenvalue weighted by molar-refractivity contribution is -0.232. The fourth-order valence-electron chi connectivity index (χ4n) is 3.76. The standard InChI is InChI=1S/C14H27N3O3/c1-11(2)12-15(3)13(20-16(12)4)17-7-5-14(6-8-17)18-9-10-19-14/h11-13H,5-10H2,1-4H3. The summed E-state index contributed by atoms with van der Waals surface area (Å²) < 4.78 is 11.6. The van der Waals surface area contributed by atoms with Gasteiger partial charge in [-0.25, -0.2) is 4.90 Å². The van der Waals surface area contributed by atoms with Crippen LogP contribution in [0, 0.1) is 5.92 Å². The molecule has 0 N–H and O–H groups in total. The van der Waals surface area contributed by atoms with Crippen molar-refractivity contribution in [1.29, 1.82) is 0 Å². The second-order valence-electron chi connectivity index (χ2n) is 6.44. The second kappa shape index (κ2) is 5.51. The number of hydrogen-bond donors (Lipinski definition) is 0. The maximum Gasteiger partial charge on any atom is 0.189 e. The summed E-state index contributed by atoms with van der Waals surface area (Å²) in [6.07, 6.45) is 2.22. The Labute approximate surface area is 121 Å². The van der Waals surface area contributed by atoms with Crippen LogP contribution >= 0.6 is 0 Å². The molecule has 1 spiro atoms. The van der Waals surface area contributed by atoms with Crippen molar-refractivity contribution < 1.29 is 14.3 Å². The highest BCUT2D eigenvalue weighted by Crippen LogP contribution is 2.34. The van der Waals surface area contributed by atoms with Gasteiger partial charge in [-0.15, -0.1) is 0 Å². The molecule has 2 atom stereocenters. The van der Waals surface area contributed by atoms with Crippen LogP contribution in [0.2, 0.25) is 0 Å². The minimum absolute atomic E-state index is 0.0335. The third-order valence-corrected chi connectivity index (χ3v) is 4.68. The smallest absolute Gasteiger partial charge is 0.189 e. The van der Waals surface area contributed by atoms with E-state index >= 15 is 0 Å². The number of hydroxylamine groups is 2. The Morgan fingerprint density at radius 3 is 2.15 bits per heavy atom. The molecule has 116 valence electrons. The van der Waals surface area contributed by atoms with Crippen molar-refractivity contribution in [3.63, 3.8) is 0 Å². The maximum absolute atomic E-state index is 6.04. The first kappa shape index (κ1) is 14.7. The van der Waals surface area contributed by atoms with Crippen LogP contribution in [-0.4, -0.2) is 73.6 Å². The van der Waals surface area contributed by atoms with Gasteiger partial charge in [-0.05, 0) is 13.0 Å². The second-order valence-corrected chi connectivity index (χ2v) is 6.44. The predicted octanol–water partition coefficient (Wildman–Crippen LogP) is 0.900. The van der Waals surface area contributed by atoms with E-state index in [4.69, 9.17) is 14.3 Å². The zero-order chi connectivity index (χ0) is 14.3. The molecule has 0 aromatic heterocycles. The Balaban J connectivity index is 1.61. The summed E-state index contributed by atoms with van der Waals surface area (Å²) in [4.78, 5) is 10.7. The summed E-state index contributed by atoms with van der Waals surface area (Å²) >= 11 is 0. The predicted molar refractivity (Wildman–Crippen MR) is 74.5 cm³/mol. The van der Waals surface area contributed by atoms with Gasteiger partial charge in [0.05, 0.1) is 19.4 Å². The molecular formula is C14H27N3O3. The molecule has 20 heavy (non-hydrogen) atoms. The zero-order valence-electron chi connectivity index (χ0n) is 13.0. The van der Waals surface area contributed by atoms with Gasteiger partial charge in [0, 0.05) is 33.0 Å². The van der Waals surface area contributed by atoms with Crippen LogP contribution in [0.25, 0.3) is 0 Å². The summed E-state index contributed by atoms with van der Waals surface area (Å²) in [5, 5.41) is 1.99. The SMILES string of the molecule is CC(C)C1N(C)OC(N2CCC3(CC2)OCCO3)N1C. The Bertz CT molecular complexity index is 337. The largest absolute Gasteiger partial charge is 0.347 e. The molecule has 3 heterocycles. The monoisotopic (exact) mass is 285 g/mol. The van der Waals surface area contributed by atoms with Gasteiger partial charge in [0.25, 0.3) is 0 Å². The lowest BCUT2D eigenvalue weighted by Gasteiger charge is -2.41. The summed E-state index contributed by atoms with van der Waals surface area (Å²) in [6.45, 7) is 7.83. The van der Waals surface area contributed by atoms with Crippen molar-refractivity contribution in [2.45, 2.75) is 45.0 Å². The van der Waals surface area contributed by atoms with Gasteiger partial charge in [0.15, 0.2) is 12.1 Å². The fraction of sp³-hybridized carbons (Fsp3) is 1.00. The first-order valence-electron chi connectivity index (χ1n) is 7.66. The molecule has 0 radical (unpaired) electrons. The van der Waals surface area contributed by atoms with Crippen molar-refractivity contribution in [3.8, 4) is 0 Å². The van der Waals surface area contributed by atoms with Gasteiger partial charge in [0.2, 0.25) is 0 Å². The molecule has 0 amide bonds. The van der Waals surface area contributed by atoms with Crippen molar-refractivity contribution in [2.24, 2.45) is 5.92 Å². The Morgan fingerprint density at radius 1 is 1.05 bits per heavy atom. The van der Waals surface area contributed by atoms with Crippen molar-refractivity contribution >= 4 is 0 Å². The topological polar surface area (TPSA) is 37.4 Å². The van der Waals surface area contributed by atoms with E-state index in [0.29, 0.717) is 12.1 Å². The molecule has 3 fully saturated rings. The first-order chi connectivity index (χ1) is 9.52. The van der Waals surface area contributed by atoms with E-state index in [2.05, 4.69) is 30.7 Å². The molecule has 0 saturated carbocycles. The van der Waals surface area contributed by atoms with Crippen LogP contribution in [-0.2, 0) is 14.3 Å². The number of hydrogen-bond acceptors (Lipinski definition) is 6. The van der Waals surface area contributed by atoms with E-state index in [1.54, 1.807) is 0 Å². The molecule has 6 heteroatoms. The molecule has 0 bridgehead atoms. The Morgan fingerprint density at radius 2 is 1.65 bits per heavy atom. The molecule has 0 aromatic carbocycles. The maximum atomic E-state index is 6.04. The van der Waals surface area contributed by atoms with E-state index in [1.165, 1.54) is 0 Å². The van der Waals surface area contributed by atoms with Crippen LogP contribution in [0.3, 0.4) is 0 Å².